The Morgan fingerprint density at radius 2 is 2.11 bits per heavy atom. The van der Waals surface area contributed by atoms with Crippen LogP contribution in [0.2, 0.25) is 0 Å². The number of hydrogen-bond donors (Lipinski definition) is 0. The molecule has 0 saturated heterocycles. The standard InChI is InChI=1S/C21H18N2O2S2/c1-3-10-23-20(24)18-16(17-5-4-11-25-17)13-26-19(18)22-21(23)27-12-15-8-6-14(2)7-9-15/h3-9,11,13H,1,10,12H2,2H3. The van der Waals surface area contributed by atoms with Crippen molar-refractivity contribution in [2.75, 3.05) is 0 Å². The van der Waals surface area contributed by atoms with Crippen LogP contribution < -0.4 is 5.56 Å². The molecule has 0 unspecified atom stereocenters. The fraction of sp³-hybridized carbons (Fsp3) is 0.143. The van der Waals surface area contributed by atoms with Gasteiger partial charge in [-0.25, -0.2) is 4.98 Å². The molecule has 6 heteroatoms. The molecular formula is C21H18N2O2S2. The predicted octanol–water partition coefficient (Wildman–Crippen LogP) is 5.50. The highest BCUT2D eigenvalue weighted by Crippen LogP contribution is 2.33. The number of benzene rings is 1. The molecule has 0 aliphatic heterocycles. The number of hydrogen-bond acceptors (Lipinski definition) is 5. The van der Waals surface area contributed by atoms with Crippen molar-refractivity contribution in [3.8, 4) is 11.3 Å². The SMILES string of the molecule is C=CCn1c(SCc2ccc(C)cc2)nc2scc(-c3ccco3)c2c1=O. The summed E-state index contributed by atoms with van der Waals surface area (Å²) in [6.45, 7) is 6.29. The van der Waals surface area contributed by atoms with E-state index in [0.29, 0.717) is 22.8 Å². The monoisotopic (exact) mass is 394 g/mol. The topological polar surface area (TPSA) is 48.0 Å². The lowest BCUT2D eigenvalue weighted by molar-refractivity contribution is 0.583. The molecule has 4 aromatic rings. The zero-order valence-corrected chi connectivity index (χ0v) is 16.5. The van der Waals surface area contributed by atoms with Crippen LogP contribution in [-0.4, -0.2) is 9.55 Å². The van der Waals surface area contributed by atoms with Crippen LogP contribution in [-0.2, 0) is 12.3 Å². The van der Waals surface area contributed by atoms with Gasteiger partial charge in [0.15, 0.2) is 5.16 Å². The Kier molecular flexibility index (Phi) is 5.01. The first-order chi connectivity index (χ1) is 13.2. The second kappa shape index (κ2) is 7.58. The number of thiophene rings is 1. The maximum Gasteiger partial charge on any atom is 0.263 e. The van der Waals surface area contributed by atoms with E-state index in [0.717, 1.165) is 16.1 Å². The molecule has 3 aromatic heterocycles. The summed E-state index contributed by atoms with van der Waals surface area (Å²) in [7, 11) is 0. The lowest BCUT2D eigenvalue weighted by Crippen LogP contribution is -2.22. The summed E-state index contributed by atoms with van der Waals surface area (Å²) in [5.74, 6) is 1.44. The van der Waals surface area contributed by atoms with Crippen LogP contribution in [0.5, 0.6) is 0 Å². The van der Waals surface area contributed by atoms with Gasteiger partial charge in [-0.2, -0.15) is 0 Å². The van der Waals surface area contributed by atoms with Crippen molar-refractivity contribution >= 4 is 33.3 Å². The third-order valence-electron chi connectivity index (χ3n) is 4.25. The minimum atomic E-state index is -0.0565. The Balaban J connectivity index is 1.76. The molecule has 0 amide bonds. The van der Waals surface area contributed by atoms with Gasteiger partial charge in [-0.1, -0.05) is 47.7 Å². The number of fused-ring (bicyclic) bond motifs is 1. The van der Waals surface area contributed by atoms with Gasteiger partial charge in [-0.15, -0.1) is 17.9 Å². The van der Waals surface area contributed by atoms with Crippen molar-refractivity contribution < 1.29 is 4.42 Å². The van der Waals surface area contributed by atoms with Crippen LogP contribution in [0, 0.1) is 6.92 Å². The smallest absolute Gasteiger partial charge is 0.263 e. The molecule has 27 heavy (non-hydrogen) atoms. The van der Waals surface area contributed by atoms with E-state index in [4.69, 9.17) is 9.40 Å². The summed E-state index contributed by atoms with van der Waals surface area (Å²) >= 11 is 3.04. The maximum absolute atomic E-state index is 13.2. The average Bonchev–Trinajstić information content (AvgIpc) is 3.33. The number of thioether (sulfide) groups is 1. The molecule has 4 rings (SSSR count). The van der Waals surface area contributed by atoms with Gasteiger partial charge in [-0.05, 0) is 24.6 Å². The summed E-state index contributed by atoms with van der Waals surface area (Å²) < 4.78 is 7.18. The van der Waals surface area contributed by atoms with Crippen molar-refractivity contribution in [2.24, 2.45) is 0 Å². The van der Waals surface area contributed by atoms with Crippen LogP contribution in [0.3, 0.4) is 0 Å². The third kappa shape index (κ3) is 3.50. The van der Waals surface area contributed by atoms with Gasteiger partial charge >= 0.3 is 0 Å². The maximum atomic E-state index is 13.2. The molecule has 0 fully saturated rings. The van der Waals surface area contributed by atoms with Crippen molar-refractivity contribution in [3.05, 3.63) is 82.2 Å². The van der Waals surface area contributed by atoms with E-state index in [2.05, 4.69) is 37.8 Å². The highest BCUT2D eigenvalue weighted by molar-refractivity contribution is 7.98. The van der Waals surface area contributed by atoms with E-state index in [1.165, 1.54) is 22.5 Å². The van der Waals surface area contributed by atoms with Crippen LogP contribution in [0.15, 0.2) is 75.1 Å². The molecule has 3 heterocycles. The van der Waals surface area contributed by atoms with Crippen LogP contribution in [0.4, 0.5) is 0 Å². The van der Waals surface area contributed by atoms with Gasteiger partial charge in [0.25, 0.3) is 5.56 Å². The van der Waals surface area contributed by atoms with Gasteiger partial charge < -0.3 is 4.42 Å². The van der Waals surface area contributed by atoms with Crippen LogP contribution in [0.1, 0.15) is 11.1 Å². The second-order valence-corrected chi connectivity index (χ2v) is 7.98. The molecule has 1 aromatic carbocycles. The largest absolute Gasteiger partial charge is 0.464 e. The number of aryl methyl sites for hydroxylation is 1. The second-order valence-electron chi connectivity index (χ2n) is 6.18. The van der Waals surface area contributed by atoms with E-state index < -0.39 is 0 Å². The highest BCUT2D eigenvalue weighted by Gasteiger charge is 2.18. The normalized spacial score (nSPS) is 11.1. The Hall–Kier alpha value is -2.57. The molecular weight excluding hydrogens is 376 g/mol. The Morgan fingerprint density at radius 3 is 2.81 bits per heavy atom. The molecule has 0 saturated carbocycles. The first-order valence-corrected chi connectivity index (χ1v) is 10.4. The van der Waals surface area contributed by atoms with Crippen LogP contribution >= 0.6 is 23.1 Å². The molecule has 4 nitrogen and oxygen atoms in total. The Morgan fingerprint density at radius 1 is 1.30 bits per heavy atom. The van der Waals surface area contributed by atoms with Gasteiger partial charge in [0, 0.05) is 23.2 Å². The summed E-state index contributed by atoms with van der Waals surface area (Å²) in [5, 5.41) is 3.25. The fourth-order valence-corrected chi connectivity index (χ4v) is 4.78. The van der Waals surface area contributed by atoms with Gasteiger partial charge in [0.05, 0.1) is 11.6 Å². The first kappa shape index (κ1) is 17.8. The Labute approximate surface area is 165 Å². The third-order valence-corrected chi connectivity index (χ3v) is 6.17. The van der Waals surface area contributed by atoms with Crippen LogP contribution in [0.25, 0.3) is 21.5 Å². The zero-order valence-electron chi connectivity index (χ0n) is 14.8. The first-order valence-electron chi connectivity index (χ1n) is 8.52. The minimum absolute atomic E-state index is 0.0565. The van der Waals surface area contributed by atoms with Crippen molar-refractivity contribution in [3.63, 3.8) is 0 Å². The molecule has 136 valence electrons. The molecule has 0 bridgehead atoms. The number of nitrogens with zero attached hydrogens (tertiary/aromatic N) is 2. The lowest BCUT2D eigenvalue weighted by atomic mass is 10.2. The van der Waals surface area contributed by atoms with E-state index in [9.17, 15) is 4.79 Å². The van der Waals surface area contributed by atoms with E-state index in [1.54, 1.807) is 28.7 Å². The quantitative estimate of drug-likeness (QED) is 0.246. The molecule has 0 aliphatic rings. The zero-order chi connectivity index (χ0) is 18.8. The predicted molar refractivity (Wildman–Crippen MR) is 113 cm³/mol. The molecule has 0 radical (unpaired) electrons. The number of allylic oxidation sites excluding steroid dienone is 1. The highest BCUT2D eigenvalue weighted by atomic mass is 32.2. The molecule has 0 N–H and O–H groups in total. The van der Waals surface area contributed by atoms with Gasteiger partial charge in [-0.3, -0.25) is 9.36 Å². The van der Waals surface area contributed by atoms with E-state index in [1.807, 2.05) is 17.5 Å². The summed E-state index contributed by atoms with van der Waals surface area (Å²) in [6.07, 6.45) is 3.34. The summed E-state index contributed by atoms with van der Waals surface area (Å²) in [4.78, 5) is 18.7. The number of furan rings is 1. The summed E-state index contributed by atoms with van der Waals surface area (Å²) in [5.41, 5.74) is 3.17. The minimum Gasteiger partial charge on any atom is -0.464 e. The van der Waals surface area contributed by atoms with E-state index in [-0.39, 0.29) is 5.56 Å². The fourth-order valence-electron chi connectivity index (χ4n) is 2.85. The molecule has 0 atom stereocenters. The van der Waals surface area contributed by atoms with Gasteiger partial charge in [0.2, 0.25) is 0 Å². The van der Waals surface area contributed by atoms with Crippen molar-refractivity contribution in [2.45, 2.75) is 24.4 Å². The van der Waals surface area contributed by atoms with E-state index >= 15 is 0 Å². The van der Waals surface area contributed by atoms with Gasteiger partial charge in [0.1, 0.15) is 10.6 Å². The van der Waals surface area contributed by atoms with Crippen molar-refractivity contribution in [1.29, 1.82) is 0 Å². The average molecular weight is 395 g/mol. The number of rotatable bonds is 6. The molecule has 0 spiro atoms. The lowest BCUT2D eigenvalue weighted by Gasteiger charge is -2.10. The Bertz CT molecular complexity index is 1140. The summed E-state index contributed by atoms with van der Waals surface area (Å²) in [6, 6.07) is 12.1. The van der Waals surface area contributed by atoms with Crippen molar-refractivity contribution in [1.82, 2.24) is 9.55 Å². The number of aromatic nitrogens is 2. The molecule has 0 aliphatic carbocycles.